The van der Waals surface area contributed by atoms with E-state index in [1.807, 2.05) is 42.6 Å². The van der Waals surface area contributed by atoms with E-state index in [-0.39, 0.29) is 0 Å². The lowest BCUT2D eigenvalue weighted by molar-refractivity contribution is -0.361. The van der Waals surface area contributed by atoms with Crippen LogP contribution in [-0.2, 0) is 6.54 Å². The standard InChI is InChI=1S/C15H18N4S/c20-15(19-12-13-6-2-1-3-7-13)18-11-10-17-14-8-4-5-9-16-14/h1-9H,10-12H2,(H,16,17)(H2,18,19,20)/p+1. The normalized spacial score (nSPS) is 9.80. The van der Waals surface area contributed by atoms with E-state index in [2.05, 4.69) is 33.1 Å². The van der Waals surface area contributed by atoms with Crippen molar-refractivity contribution in [1.82, 2.24) is 10.6 Å². The second kappa shape index (κ2) is 8.12. The molecule has 1 aromatic carbocycles. The van der Waals surface area contributed by atoms with E-state index in [4.69, 9.17) is 12.2 Å². The molecule has 0 bridgehead atoms. The van der Waals surface area contributed by atoms with E-state index < -0.39 is 0 Å². The second-order valence-corrected chi connectivity index (χ2v) is 4.71. The molecule has 4 nitrogen and oxygen atoms in total. The van der Waals surface area contributed by atoms with Gasteiger partial charge in [-0.2, -0.15) is 0 Å². The molecule has 0 radical (unpaired) electrons. The number of pyridine rings is 1. The highest BCUT2D eigenvalue weighted by Gasteiger charge is 1.99. The predicted octanol–water partition coefficient (Wildman–Crippen LogP) is 1.58. The topological polar surface area (TPSA) is 50.2 Å². The molecule has 0 saturated carbocycles. The second-order valence-electron chi connectivity index (χ2n) is 4.30. The zero-order chi connectivity index (χ0) is 14.0. The van der Waals surface area contributed by atoms with Crippen LogP contribution in [0, 0.1) is 0 Å². The van der Waals surface area contributed by atoms with Crippen LogP contribution in [0.1, 0.15) is 5.56 Å². The summed E-state index contributed by atoms with van der Waals surface area (Å²) in [6, 6.07) is 16.1. The Morgan fingerprint density at radius 1 is 0.950 bits per heavy atom. The number of nitrogens with one attached hydrogen (secondary N) is 4. The number of rotatable bonds is 6. The first-order chi connectivity index (χ1) is 9.84. The van der Waals surface area contributed by atoms with Gasteiger partial charge in [0.05, 0.1) is 12.7 Å². The molecule has 0 atom stereocenters. The summed E-state index contributed by atoms with van der Waals surface area (Å²) in [7, 11) is 0. The van der Waals surface area contributed by atoms with Gasteiger partial charge in [-0.25, -0.2) is 4.98 Å². The van der Waals surface area contributed by atoms with Gasteiger partial charge in [0.25, 0.3) is 5.82 Å². The number of H-pyrrole nitrogens is 1. The number of anilines is 1. The van der Waals surface area contributed by atoms with Crippen molar-refractivity contribution in [3.05, 3.63) is 60.3 Å². The summed E-state index contributed by atoms with van der Waals surface area (Å²) in [5, 5.41) is 10.3. The first-order valence-electron chi connectivity index (χ1n) is 6.61. The molecule has 0 spiro atoms. The third kappa shape index (κ3) is 5.24. The fraction of sp³-hybridized carbons (Fsp3) is 0.200. The van der Waals surface area contributed by atoms with Crippen LogP contribution in [0.2, 0.25) is 0 Å². The summed E-state index contributed by atoms with van der Waals surface area (Å²) >= 11 is 5.23. The molecule has 0 aliphatic rings. The first kappa shape index (κ1) is 14.3. The van der Waals surface area contributed by atoms with E-state index in [1.165, 1.54) is 5.56 Å². The van der Waals surface area contributed by atoms with Gasteiger partial charge >= 0.3 is 0 Å². The Labute approximate surface area is 124 Å². The molecular formula is C15H19N4S+. The van der Waals surface area contributed by atoms with Crippen LogP contribution < -0.4 is 20.9 Å². The Bertz CT molecular complexity index is 516. The largest absolute Gasteiger partial charge is 0.359 e. The number of hydrogen-bond donors (Lipinski definition) is 3. The van der Waals surface area contributed by atoms with Gasteiger partial charge in [-0.15, -0.1) is 0 Å². The molecule has 20 heavy (non-hydrogen) atoms. The molecule has 2 rings (SSSR count). The average molecular weight is 287 g/mol. The third-order valence-corrected chi connectivity index (χ3v) is 3.02. The molecule has 2 aromatic rings. The summed E-state index contributed by atoms with van der Waals surface area (Å²) in [6.45, 7) is 2.31. The zero-order valence-electron chi connectivity index (χ0n) is 11.2. The lowest BCUT2D eigenvalue weighted by atomic mass is 10.2. The summed E-state index contributed by atoms with van der Waals surface area (Å²) in [6.07, 6.45) is 1.89. The van der Waals surface area contributed by atoms with Gasteiger partial charge in [0.1, 0.15) is 6.54 Å². The van der Waals surface area contributed by atoms with Crippen LogP contribution in [-0.4, -0.2) is 18.2 Å². The number of aromatic amines is 1. The quantitative estimate of drug-likeness (QED) is 0.558. The van der Waals surface area contributed by atoms with Gasteiger partial charge in [-0.1, -0.05) is 36.4 Å². The predicted molar refractivity (Wildman–Crippen MR) is 85.4 cm³/mol. The molecule has 0 amide bonds. The van der Waals surface area contributed by atoms with Crippen LogP contribution in [0.3, 0.4) is 0 Å². The maximum atomic E-state index is 5.23. The molecule has 0 saturated heterocycles. The summed E-state index contributed by atoms with van der Waals surface area (Å²) in [5.41, 5.74) is 1.22. The third-order valence-electron chi connectivity index (χ3n) is 2.73. The zero-order valence-corrected chi connectivity index (χ0v) is 12.0. The van der Waals surface area contributed by atoms with Crippen molar-refractivity contribution in [2.24, 2.45) is 0 Å². The Hall–Kier alpha value is -2.14. The number of hydrogen-bond acceptors (Lipinski definition) is 2. The van der Waals surface area contributed by atoms with E-state index in [9.17, 15) is 0 Å². The van der Waals surface area contributed by atoms with Crippen molar-refractivity contribution in [3.8, 4) is 0 Å². The maximum absolute atomic E-state index is 5.23. The highest BCUT2D eigenvalue weighted by atomic mass is 32.1. The number of aromatic nitrogens is 1. The molecule has 0 fully saturated rings. The summed E-state index contributed by atoms with van der Waals surface area (Å²) in [5.74, 6) is 0.998. The van der Waals surface area contributed by atoms with Crippen LogP contribution in [0.5, 0.6) is 0 Å². The monoisotopic (exact) mass is 287 g/mol. The van der Waals surface area contributed by atoms with Crippen LogP contribution in [0.4, 0.5) is 5.82 Å². The smallest absolute Gasteiger partial charge is 0.272 e. The highest BCUT2D eigenvalue weighted by Crippen LogP contribution is 1.96. The van der Waals surface area contributed by atoms with Gasteiger partial charge in [0.15, 0.2) is 5.11 Å². The summed E-state index contributed by atoms with van der Waals surface area (Å²) in [4.78, 5) is 3.12. The van der Waals surface area contributed by atoms with Gasteiger partial charge < -0.3 is 10.6 Å². The fourth-order valence-electron chi connectivity index (χ4n) is 1.72. The summed E-state index contributed by atoms with van der Waals surface area (Å²) < 4.78 is 0. The van der Waals surface area contributed by atoms with Gasteiger partial charge in [0, 0.05) is 12.6 Å². The van der Waals surface area contributed by atoms with Crippen LogP contribution in [0.15, 0.2) is 54.7 Å². The number of benzene rings is 1. The van der Waals surface area contributed by atoms with Gasteiger partial charge in [-0.05, 0) is 23.8 Å². The first-order valence-corrected chi connectivity index (χ1v) is 7.01. The lowest BCUT2D eigenvalue weighted by Crippen LogP contribution is -2.37. The van der Waals surface area contributed by atoms with Crippen LogP contribution >= 0.6 is 12.2 Å². The Morgan fingerprint density at radius 3 is 2.50 bits per heavy atom. The molecule has 0 unspecified atom stereocenters. The van der Waals surface area contributed by atoms with E-state index in [1.54, 1.807) is 0 Å². The highest BCUT2D eigenvalue weighted by molar-refractivity contribution is 7.80. The SMILES string of the molecule is S=C(NCCNc1cccc[nH+]1)NCc1ccccc1. The average Bonchev–Trinajstić information content (AvgIpc) is 2.52. The van der Waals surface area contributed by atoms with E-state index in [0.29, 0.717) is 5.11 Å². The van der Waals surface area contributed by atoms with E-state index >= 15 is 0 Å². The van der Waals surface area contributed by atoms with Crippen molar-refractivity contribution in [2.45, 2.75) is 6.54 Å². The molecule has 0 aliphatic carbocycles. The fourth-order valence-corrected chi connectivity index (χ4v) is 1.89. The Balaban J connectivity index is 1.59. The molecule has 1 aromatic heterocycles. The minimum absolute atomic E-state index is 0.674. The van der Waals surface area contributed by atoms with Crippen molar-refractivity contribution >= 4 is 23.1 Å². The van der Waals surface area contributed by atoms with Crippen LogP contribution in [0.25, 0.3) is 0 Å². The molecule has 104 valence electrons. The molecule has 4 N–H and O–H groups in total. The lowest BCUT2D eigenvalue weighted by Gasteiger charge is -2.09. The minimum Gasteiger partial charge on any atom is -0.359 e. The molecule has 1 heterocycles. The molecule has 0 aliphatic heterocycles. The Morgan fingerprint density at radius 2 is 1.75 bits per heavy atom. The molecular weight excluding hydrogens is 268 g/mol. The Kier molecular flexibility index (Phi) is 5.79. The minimum atomic E-state index is 0.674. The van der Waals surface area contributed by atoms with Crippen molar-refractivity contribution < 1.29 is 4.98 Å². The number of thiocarbonyl (C=S) groups is 1. The van der Waals surface area contributed by atoms with Gasteiger partial charge in [0.2, 0.25) is 0 Å². The van der Waals surface area contributed by atoms with Gasteiger partial charge in [-0.3, -0.25) is 5.32 Å². The van der Waals surface area contributed by atoms with E-state index in [0.717, 1.165) is 25.5 Å². The maximum Gasteiger partial charge on any atom is 0.272 e. The van der Waals surface area contributed by atoms with Crippen molar-refractivity contribution in [2.75, 3.05) is 18.4 Å². The van der Waals surface area contributed by atoms with Crippen molar-refractivity contribution in [3.63, 3.8) is 0 Å². The van der Waals surface area contributed by atoms with Crippen molar-refractivity contribution in [1.29, 1.82) is 0 Å². The molecule has 5 heteroatoms.